The first-order valence-electron chi connectivity index (χ1n) is 6.04. The average molecular weight is 330 g/mol. The van der Waals surface area contributed by atoms with E-state index in [4.69, 9.17) is 4.74 Å². The second-order valence-electron chi connectivity index (χ2n) is 5.16. The van der Waals surface area contributed by atoms with Gasteiger partial charge in [-0.05, 0) is 43.6 Å². The molecule has 0 saturated heterocycles. The summed E-state index contributed by atoms with van der Waals surface area (Å²) in [7, 11) is 1.91. The summed E-state index contributed by atoms with van der Waals surface area (Å²) < 4.78 is 7.97. The third-order valence-electron chi connectivity index (χ3n) is 2.21. The van der Waals surface area contributed by atoms with Gasteiger partial charge in [-0.1, -0.05) is 6.08 Å². The van der Waals surface area contributed by atoms with Gasteiger partial charge in [-0.25, -0.2) is 9.78 Å². The van der Waals surface area contributed by atoms with E-state index in [0.717, 1.165) is 16.0 Å². The second kappa shape index (κ2) is 6.23. The van der Waals surface area contributed by atoms with Gasteiger partial charge in [0.2, 0.25) is 0 Å². The fraction of sp³-hybridized carbons (Fsp3) is 0.538. The molecule has 0 unspecified atom stereocenters. The Morgan fingerprint density at radius 2 is 2.21 bits per heavy atom. The fourth-order valence-electron chi connectivity index (χ4n) is 1.44. The van der Waals surface area contributed by atoms with Crippen LogP contribution in [0.15, 0.2) is 12.3 Å². The van der Waals surface area contributed by atoms with Crippen molar-refractivity contribution >= 4 is 26.5 Å². The number of imidazole rings is 1. The molecule has 1 aromatic rings. The molecule has 0 aliphatic heterocycles. The lowest BCUT2D eigenvalue weighted by molar-refractivity contribution is 0.0523. The number of nitrogens with zero attached hydrogens (tertiary/aromatic N) is 2. The monoisotopic (exact) mass is 329 g/mol. The average Bonchev–Trinajstić information content (AvgIpc) is 2.65. The van der Waals surface area contributed by atoms with Crippen molar-refractivity contribution in [2.24, 2.45) is 7.05 Å². The Kier molecular flexibility index (Phi) is 5.17. The maximum Gasteiger partial charge on any atom is 0.407 e. The van der Waals surface area contributed by atoms with E-state index >= 15 is 0 Å². The summed E-state index contributed by atoms with van der Waals surface area (Å²) in [6.45, 7) is 7.75. The maximum atomic E-state index is 11.5. The molecular formula is C13H20BrN3O2. The Balaban J connectivity index is 2.62. The number of ether oxygens (including phenoxy) is 1. The Morgan fingerprint density at radius 3 is 2.74 bits per heavy atom. The number of aryl methyl sites for hydroxylation is 1. The van der Waals surface area contributed by atoms with Crippen LogP contribution in [-0.4, -0.2) is 21.2 Å². The van der Waals surface area contributed by atoms with E-state index in [-0.39, 0.29) is 0 Å². The highest BCUT2D eigenvalue weighted by atomic mass is 79.9. The topological polar surface area (TPSA) is 56.1 Å². The van der Waals surface area contributed by atoms with Gasteiger partial charge in [0, 0.05) is 13.2 Å². The SMILES string of the molecule is C/C=C(/Br)c1nc(CNC(=O)OC(C)(C)C)cn1C. The molecule has 0 aliphatic rings. The van der Waals surface area contributed by atoms with Crippen LogP contribution in [0.3, 0.4) is 0 Å². The molecule has 0 aromatic carbocycles. The third kappa shape index (κ3) is 5.06. The largest absolute Gasteiger partial charge is 0.444 e. The van der Waals surface area contributed by atoms with Gasteiger partial charge in [0.15, 0.2) is 0 Å². The molecule has 106 valence electrons. The van der Waals surface area contributed by atoms with Gasteiger partial charge >= 0.3 is 6.09 Å². The number of aromatic nitrogens is 2. The molecule has 19 heavy (non-hydrogen) atoms. The molecule has 0 fully saturated rings. The number of alkyl carbamates (subject to hydrolysis) is 1. The lowest BCUT2D eigenvalue weighted by Crippen LogP contribution is -2.32. The second-order valence-corrected chi connectivity index (χ2v) is 6.01. The van der Waals surface area contributed by atoms with Gasteiger partial charge in [0.05, 0.1) is 16.7 Å². The third-order valence-corrected chi connectivity index (χ3v) is 3.02. The van der Waals surface area contributed by atoms with Crippen molar-refractivity contribution < 1.29 is 9.53 Å². The molecule has 6 heteroatoms. The molecule has 0 radical (unpaired) electrons. The molecule has 1 N–H and O–H groups in total. The molecule has 0 bridgehead atoms. The lowest BCUT2D eigenvalue weighted by Gasteiger charge is -2.19. The Hall–Kier alpha value is -1.30. The van der Waals surface area contributed by atoms with Crippen molar-refractivity contribution in [2.45, 2.75) is 39.8 Å². The van der Waals surface area contributed by atoms with E-state index < -0.39 is 11.7 Å². The number of amides is 1. The van der Waals surface area contributed by atoms with Crippen molar-refractivity contribution in [3.63, 3.8) is 0 Å². The summed E-state index contributed by atoms with van der Waals surface area (Å²) in [6, 6.07) is 0. The van der Waals surface area contributed by atoms with E-state index in [9.17, 15) is 4.79 Å². The number of nitrogens with one attached hydrogen (secondary N) is 1. The first kappa shape index (κ1) is 15.8. The number of carbonyl (C=O) groups excluding carboxylic acids is 1. The summed E-state index contributed by atoms with van der Waals surface area (Å²) in [5.41, 5.74) is 0.287. The molecular weight excluding hydrogens is 310 g/mol. The number of allylic oxidation sites excluding steroid dienone is 1. The van der Waals surface area contributed by atoms with E-state index in [0.29, 0.717) is 6.54 Å². The Labute approximate surface area is 122 Å². The van der Waals surface area contributed by atoms with Gasteiger partial charge in [0.25, 0.3) is 0 Å². The van der Waals surface area contributed by atoms with Gasteiger partial charge in [-0.15, -0.1) is 0 Å². The zero-order valence-electron chi connectivity index (χ0n) is 12.0. The maximum absolute atomic E-state index is 11.5. The minimum absolute atomic E-state index is 0.340. The van der Waals surface area contributed by atoms with Crippen LogP contribution < -0.4 is 5.32 Å². The molecule has 1 amide bonds. The van der Waals surface area contributed by atoms with Gasteiger partial charge in [-0.3, -0.25) is 0 Å². The van der Waals surface area contributed by atoms with Crippen LogP contribution in [0.1, 0.15) is 39.2 Å². The van der Waals surface area contributed by atoms with Gasteiger partial charge < -0.3 is 14.6 Å². The predicted octanol–water partition coefficient (Wildman–Crippen LogP) is 3.20. The molecule has 1 rings (SSSR count). The quantitative estimate of drug-likeness (QED) is 0.926. The minimum atomic E-state index is -0.493. The van der Waals surface area contributed by atoms with Crippen molar-refractivity contribution in [3.8, 4) is 0 Å². The van der Waals surface area contributed by atoms with Crippen LogP contribution in [0.2, 0.25) is 0 Å². The van der Waals surface area contributed by atoms with Crippen LogP contribution in [0.5, 0.6) is 0 Å². The molecule has 1 heterocycles. The summed E-state index contributed by atoms with van der Waals surface area (Å²) >= 11 is 3.43. The molecule has 0 saturated carbocycles. The molecule has 0 aliphatic carbocycles. The predicted molar refractivity (Wildman–Crippen MR) is 78.9 cm³/mol. The fourth-order valence-corrected chi connectivity index (χ4v) is 1.81. The molecule has 0 atom stereocenters. The standard InChI is InChI=1S/C13H20BrN3O2/c1-6-10(14)11-16-9(8-17(11)5)7-15-12(18)19-13(2,3)4/h6,8H,7H2,1-5H3,(H,15,18)/b10-6+. The highest BCUT2D eigenvalue weighted by Gasteiger charge is 2.16. The zero-order chi connectivity index (χ0) is 14.6. The van der Waals surface area contributed by atoms with Crippen LogP contribution in [0, 0.1) is 0 Å². The van der Waals surface area contributed by atoms with Crippen LogP contribution in [0.25, 0.3) is 4.48 Å². The van der Waals surface area contributed by atoms with Crippen molar-refractivity contribution in [1.82, 2.24) is 14.9 Å². The van der Waals surface area contributed by atoms with Gasteiger partial charge in [-0.2, -0.15) is 0 Å². The van der Waals surface area contributed by atoms with Crippen LogP contribution >= 0.6 is 15.9 Å². The van der Waals surface area contributed by atoms with Crippen LogP contribution in [-0.2, 0) is 18.3 Å². The summed E-state index contributed by atoms with van der Waals surface area (Å²) in [5, 5.41) is 2.68. The molecule has 0 spiro atoms. The van der Waals surface area contributed by atoms with E-state index in [2.05, 4.69) is 26.2 Å². The van der Waals surface area contributed by atoms with Crippen LogP contribution in [0.4, 0.5) is 4.79 Å². The molecule has 5 nitrogen and oxygen atoms in total. The summed E-state index contributed by atoms with van der Waals surface area (Å²) in [4.78, 5) is 16.0. The first-order valence-corrected chi connectivity index (χ1v) is 6.83. The van der Waals surface area contributed by atoms with Crippen molar-refractivity contribution in [3.05, 3.63) is 23.8 Å². The Bertz CT molecular complexity index is 487. The van der Waals surface area contributed by atoms with Crippen molar-refractivity contribution in [2.75, 3.05) is 0 Å². The minimum Gasteiger partial charge on any atom is -0.444 e. The van der Waals surface area contributed by atoms with Gasteiger partial charge in [0.1, 0.15) is 11.4 Å². The van der Waals surface area contributed by atoms with E-state index in [1.54, 1.807) is 0 Å². The van der Waals surface area contributed by atoms with E-state index in [1.807, 2.05) is 51.6 Å². The number of hydrogen-bond donors (Lipinski definition) is 1. The smallest absolute Gasteiger partial charge is 0.407 e. The highest BCUT2D eigenvalue weighted by Crippen LogP contribution is 2.19. The van der Waals surface area contributed by atoms with E-state index in [1.165, 1.54) is 0 Å². The number of hydrogen-bond acceptors (Lipinski definition) is 3. The number of carbonyl (C=O) groups is 1. The highest BCUT2D eigenvalue weighted by molar-refractivity contribution is 9.15. The summed E-state index contributed by atoms with van der Waals surface area (Å²) in [5.74, 6) is 0.823. The molecule has 1 aromatic heterocycles. The first-order chi connectivity index (χ1) is 8.73. The number of rotatable bonds is 3. The lowest BCUT2D eigenvalue weighted by atomic mass is 10.2. The number of halogens is 1. The zero-order valence-corrected chi connectivity index (χ0v) is 13.5. The van der Waals surface area contributed by atoms with Crippen molar-refractivity contribution in [1.29, 1.82) is 0 Å². The normalized spacial score (nSPS) is 12.4. The Morgan fingerprint density at radius 1 is 1.58 bits per heavy atom. The summed E-state index contributed by atoms with van der Waals surface area (Å²) in [6.07, 6.45) is 3.36.